The van der Waals surface area contributed by atoms with Crippen LogP contribution in [-0.4, -0.2) is 16.1 Å². The van der Waals surface area contributed by atoms with Crippen molar-refractivity contribution in [3.63, 3.8) is 0 Å². The summed E-state index contributed by atoms with van der Waals surface area (Å²) in [5.74, 6) is 1.42. The molecule has 0 radical (unpaired) electrons. The van der Waals surface area contributed by atoms with E-state index in [1.54, 1.807) is 0 Å². The summed E-state index contributed by atoms with van der Waals surface area (Å²) >= 11 is 0. The van der Waals surface area contributed by atoms with Crippen molar-refractivity contribution < 1.29 is 4.74 Å². The molecule has 0 saturated carbocycles. The van der Waals surface area contributed by atoms with Crippen LogP contribution in [0.1, 0.15) is 25.5 Å². The molecule has 4 nitrogen and oxygen atoms in total. The van der Waals surface area contributed by atoms with Gasteiger partial charge in [0.15, 0.2) is 11.6 Å². The molecule has 1 aliphatic heterocycles. The third-order valence-electron chi connectivity index (χ3n) is 2.30. The van der Waals surface area contributed by atoms with Crippen LogP contribution in [0.5, 0.6) is 5.75 Å². The fourth-order valence-electron chi connectivity index (χ4n) is 1.36. The molecule has 1 aliphatic rings. The smallest absolute Gasteiger partial charge is 0.183 e. The van der Waals surface area contributed by atoms with Crippen LogP contribution >= 0.6 is 0 Å². The lowest BCUT2D eigenvalue weighted by Crippen LogP contribution is -2.10. The van der Waals surface area contributed by atoms with Crippen molar-refractivity contribution in [1.29, 1.82) is 0 Å². The average molecular weight is 165 g/mol. The second-order valence-electron chi connectivity index (χ2n) is 3.08. The maximum absolute atomic E-state index is 5.62. The van der Waals surface area contributed by atoms with Crippen molar-refractivity contribution in [2.24, 2.45) is 0 Å². The Balaban J connectivity index is 2.53. The fraction of sp³-hybridized carbons (Fsp3) is 0.500. The van der Waals surface area contributed by atoms with Crippen LogP contribution < -0.4 is 10.5 Å². The van der Waals surface area contributed by atoms with Gasteiger partial charge in [-0.3, -0.25) is 0 Å². The van der Waals surface area contributed by atoms with Gasteiger partial charge in [0, 0.05) is 5.92 Å². The summed E-state index contributed by atoms with van der Waals surface area (Å²) in [5, 5.41) is 0. The van der Waals surface area contributed by atoms with Gasteiger partial charge >= 0.3 is 0 Å². The van der Waals surface area contributed by atoms with E-state index in [0.717, 1.165) is 5.69 Å². The highest BCUT2D eigenvalue weighted by Crippen LogP contribution is 2.38. The van der Waals surface area contributed by atoms with E-state index >= 15 is 0 Å². The van der Waals surface area contributed by atoms with Gasteiger partial charge in [0.1, 0.15) is 12.4 Å². The number of nitrogens with zero attached hydrogens (tertiary/aromatic N) is 2. The quantitative estimate of drug-likeness (QED) is 0.621. The standard InChI is InChI=1S/C8H11N3O/c1-4-5(2)12-7-6(4)10-3-11-8(7)9/h3-5H,1-2H3,(H2,9,10,11). The Morgan fingerprint density at radius 3 is 2.83 bits per heavy atom. The second-order valence-corrected chi connectivity index (χ2v) is 3.08. The van der Waals surface area contributed by atoms with Crippen LogP contribution in [0.3, 0.4) is 0 Å². The van der Waals surface area contributed by atoms with E-state index in [2.05, 4.69) is 16.9 Å². The summed E-state index contributed by atoms with van der Waals surface area (Å²) in [6.07, 6.45) is 1.63. The van der Waals surface area contributed by atoms with Gasteiger partial charge in [0.05, 0.1) is 5.69 Å². The van der Waals surface area contributed by atoms with Gasteiger partial charge in [-0.1, -0.05) is 6.92 Å². The Kier molecular flexibility index (Phi) is 1.43. The molecule has 0 amide bonds. The van der Waals surface area contributed by atoms with Gasteiger partial charge in [-0.15, -0.1) is 0 Å². The van der Waals surface area contributed by atoms with Crippen molar-refractivity contribution >= 4 is 5.82 Å². The predicted molar refractivity (Wildman–Crippen MR) is 44.9 cm³/mol. The van der Waals surface area contributed by atoms with Crippen LogP contribution in [0.25, 0.3) is 0 Å². The van der Waals surface area contributed by atoms with E-state index in [-0.39, 0.29) is 6.10 Å². The largest absolute Gasteiger partial charge is 0.484 e. The van der Waals surface area contributed by atoms with Crippen molar-refractivity contribution in [1.82, 2.24) is 9.97 Å². The molecule has 2 rings (SSSR count). The summed E-state index contributed by atoms with van der Waals surface area (Å²) in [6, 6.07) is 0. The maximum Gasteiger partial charge on any atom is 0.183 e. The van der Waals surface area contributed by atoms with E-state index in [1.165, 1.54) is 6.33 Å². The van der Waals surface area contributed by atoms with Gasteiger partial charge in [0.2, 0.25) is 0 Å². The molecule has 4 heteroatoms. The van der Waals surface area contributed by atoms with Gasteiger partial charge in [-0.05, 0) is 6.92 Å². The Morgan fingerprint density at radius 2 is 2.17 bits per heavy atom. The number of anilines is 1. The van der Waals surface area contributed by atoms with Crippen molar-refractivity contribution in [3.8, 4) is 5.75 Å². The molecule has 1 aromatic rings. The highest BCUT2D eigenvalue weighted by molar-refractivity contribution is 5.51. The molecule has 12 heavy (non-hydrogen) atoms. The first-order chi connectivity index (χ1) is 5.70. The van der Waals surface area contributed by atoms with Crippen LogP contribution in [0, 0.1) is 0 Å². The van der Waals surface area contributed by atoms with E-state index in [4.69, 9.17) is 10.5 Å². The first-order valence-corrected chi connectivity index (χ1v) is 3.97. The predicted octanol–water partition coefficient (Wildman–Crippen LogP) is 0.943. The highest BCUT2D eigenvalue weighted by atomic mass is 16.5. The lowest BCUT2D eigenvalue weighted by Gasteiger charge is -2.06. The molecular weight excluding hydrogens is 154 g/mol. The van der Waals surface area contributed by atoms with E-state index < -0.39 is 0 Å². The summed E-state index contributed by atoms with van der Waals surface area (Å²) in [5.41, 5.74) is 6.55. The van der Waals surface area contributed by atoms with E-state index in [0.29, 0.717) is 17.5 Å². The zero-order valence-electron chi connectivity index (χ0n) is 7.11. The van der Waals surface area contributed by atoms with Crippen LogP contribution in [0.2, 0.25) is 0 Å². The maximum atomic E-state index is 5.62. The van der Waals surface area contributed by atoms with E-state index in [9.17, 15) is 0 Å². The molecule has 0 bridgehead atoms. The molecule has 1 aromatic heterocycles. The lowest BCUT2D eigenvalue weighted by atomic mass is 10.0. The summed E-state index contributed by atoms with van der Waals surface area (Å²) in [4.78, 5) is 8.00. The Morgan fingerprint density at radius 1 is 1.42 bits per heavy atom. The summed E-state index contributed by atoms with van der Waals surface area (Å²) in [6.45, 7) is 4.08. The Labute approximate surface area is 70.8 Å². The molecule has 0 fully saturated rings. The molecule has 2 atom stereocenters. The average Bonchev–Trinajstić information content (AvgIpc) is 2.32. The summed E-state index contributed by atoms with van der Waals surface area (Å²) < 4.78 is 5.50. The molecule has 0 aliphatic carbocycles. The molecule has 2 unspecified atom stereocenters. The first-order valence-electron chi connectivity index (χ1n) is 3.97. The molecular formula is C8H11N3O. The molecule has 2 N–H and O–H groups in total. The molecule has 0 spiro atoms. The van der Waals surface area contributed by atoms with Crippen LogP contribution in [0.4, 0.5) is 5.82 Å². The topological polar surface area (TPSA) is 61.0 Å². The van der Waals surface area contributed by atoms with Crippen molar-refractivity contribution in [3.05, 3.63) is 12.0 Å². The lowest BCUT2D eigenvalue weighted by molar-refractivity contribution is 0.233. The molecule has 64 valence electrons. The normalized spacial score (nSPS) is 26.5. The zero-order valence-corrected chi connectivity index (χ0v) is 7.11. The monoisotopic (exact) mass is 165 g/mol. The van der Waals surface area contributed by atoms with E-state index in [1.807, 2.05) is 6.92 Å². The minimum atomic E-state index is 0.152. The number of rotatable bonds is 0. The zero-order chi connectivity index (χ0) is 8.72. The number of ether oxygens (including phenoxy) is 1. The Bertz CT molecular complexity index is 313. The highest BCUT2D eigenvalue weighted by Gasteiger charge is 2.30. The third kappa shape index (κ3) is 0.841. The number of nitrogens with two attached hydrogens (primary N) is 1. The van der Waals surface area contributed by atoms with Gasteiger partial charge in [-0.2, -0.15) is 0 Å². The third-order valence-corrected chi connectivity index (χ3v) is 2.30. The minimum Gasteiger partial charge on any atom is -0.484 e. The Hall–Kier alpha value is -1.32. The second kappa shape index (κ2) is 2.33. The number of fused-ring (bicyclic) bond motifs is 1. The van der Waals surface area contributed by atoms with Gasteiger partial charge in [-0.25, -0.2) is 9.97 Å². The molecule has 2 heterocycles. The van der Waals surface area contributed by atoms with Gasteiger partial charge < -0.3 is 10.5 Å². The summed E-state index contributed by atoms with van der Waals surface area (Å²) in [7, 11) is 0. The number of hydrogen-bond donors (Lipinski definition) is 1. The molecule has 0 saturated heterocycles. The van der Waals surface area contributed by atoms with Gasteiger partial charge in [0.25, 0.3) is 0 Å². The SMILES string of the molecule is CC1Oc2c(N)ncnc2C1C. The van der Waals surface area contributed by atoms with Crippen LogP contribution in [-0.2, 0) is 0 Å². The number of nitrogen functional groups attached to an aromatic ring is 1. The van der Waals surface area contributed by atoms with Crippen LogP contribution in [0.15, 0.2) is 6.33 Å². The number of aromatic nitrogens is 2. The fourth-order valence-corrected chi connectivity index (χ4v) is 1.36. The number of hydrogen-bond acceptors (Lipinski definition) is 4. The first kappa shape index (κ1) is 7.34. The minimum absolute atomic E-state index is 0.152. The van der Waals surface area contributed by atoms with Crippen molar-refractivity contribution in [2.75, 3.05) is 5.73 Å². The van der Waals surface area contributed by atoms with Crippen molar-refractivity contribution in [2.45, 2.75) is 25.9 Å². The molecule has 0 aromatic carbocycles.